The highest BCUT2D eigenvalue weighted by atomic mass is 14.5. The maximum atomic E-state index is 5.81. The lowest BCUT2D eigenvalue weighted by molar-refractivity contribution is 0.418. The molecule has 0 bridgehead atoms. The van der Waals surface area contributed by atoms with E-state index in [4.69, 9.17) is 5.73 Å². The molecule has 1 unspecified atom stereocenters. The van der Waals surface area contributed by atoms with E-state index in [-0.39, 0.29) is 0 Å². The Morgan fingerprint density at radius 2 is 1.12 bits per heavy atom. The molecule has 0 spiro atoms. The summed E-state index contributed by atoms with van der Waals surface area (Å²) >= 11 is 0. The summed E-state index contributed by atoms with van der Waals surface area (Å²) in [4.78, 5) is 0. The fourth-order valence-corrected chi connectivity index (χ4v) is 2.44. The first kappa shape index (κ1) is 17.0. The molecule has 0 radical (unpaired) electrons. The Balaban J connectivity index is 3.19. The van der Waals surface area contributed by atoms with Crippen LogP contribution in [-0.4, -0.2) is 6.54 Å². The third-order valence-corrected chi connectivity index (χ3v) is 3.77. The van der Waals surface area contributed by atoms with Crippen LogP contribution in [-0.2, 0) is 0 Å². The summed E-state index contributed by atoms with van der Waals surface area (Å²) in [6.07, 6.45) is 16.8. The summed E-state index contributed by atoms with van der Waals surface area (Å²) in [5.41, 5.74) is 5.81. The number of nitrogens with two attached hydrogens (primary N) is 1. The van der Waals surface area contributed by atoms with Crippen LogP contribution in [0.25, 0.3) is 0 Å². The van der Waals surface area contributed by atoms with E-state index >= 15 is 0 Å². The molecule has 0 aromatic carbocycles. The van der Waals surface area contributed by atoms with Crippen molar-refractivity contribution in [2.24, 2.45) is 11.7 Å². The molecule has 0 aliphatic rings. The zero-order valence-corrected chi connectivity index (χ0v) is 12.3. The Hall–Kier alpha value is -0.0400. The molecular formula is C16H35N. The Labute approximate surface area is 110 Å². The average molecular weight is 241 g/mol. The Kier molecular flexibility index (Phi) is 14.0. The summed E-state index contributed by atoms with van der Waals surface area (Å²) in [5, 5.41) is 0. The van der Waals surface area contributed by atoms with Crippen molar-refractivity contribution in [2.75, 3.05) is 6.54 Å². The molecule has 0 fully saturated rings. The van der Waals surface area contributed by atoms with E-state index in [1.54, 1.807) is 0 Å². The molecule has 1 nitrogen and oxygen atoms in total. The molecule has 0 aromatic heterocycles. The third kappa shape index (κ3) is 12.2. The van der Waals surface area contributed by atoms with Crippen LogP contribution >= 0.6 is 0 Å². The monoisotopic (exact) mass is 241 g/mol. The summed E-state index contributed by atoms with van der Waals surface area (Å²) in [5.74, 6) is 0.801. The van der Waals surface area contributed by atoms with Gasteiger partial charge < -0.3 is 5.73 Å². The molecule has 1 atom stereocenters. The molecule has 1 heteroatoms. The smallest absolute Gasteiger partial charge is 0.00489 e. The molecule has 104 valence electrons. The van der Waals surface area contributed by atoms with Crippen molar-refractivity contribution in [1.82, 2.24) is 0 Å². The molecule has 0 aliphatic heterocycles. The van der Waals surface area contributed by atoms with E-state index in [0.717, 1.165) is 12.5 Å². The second-order valence-electron chi connectivity index (χ2n) is 5.51. The predicted molar refractivity (Wildman–Crippen MR) is 79.3 cm³/mol. The average Bonchev–Trinajstić information content (AvgIpc) is 2.36. The Bertz CT molecular complexity index is 133. The first-order valence-corrected chi connectivity index (χ1v) is 8.05. The third-order valence-electron chi connectivity index (χ3n) is 3.77. The van der Waals surface area contributed by atoms with Crippen LogP contribution in [0.4, 0.5) is 0 Å². The van der Waals surface area contributed by atoms with Crippen LogP contribution < -0.4 is 5.73 Å². The van der Waals surface area contributed by atoms with Gasteiger partial charge in [-0.15, -0.1) is 0 Å². The molecule has 0 aliphatic carbocycles. The van der Waals surface area contributed by atoms with Gasteiger partial charge in [-0.1, -0.05) is 78.1 Å². The van der Waals surface area contributed by atoms with Crippen LogP contribution in [0.1, 0.15) is 90.9 Å². The molecule has 0 heterocycles. The lowest BCUT2D eigenvalue weighted by Crippen LogP contribution is -2.14. The van der Waals surface area contributed by atoms with Crippen LogP contribution in [0, 0.1) is 5.92 Å². The van der Waals surface area contributed by atoms with E-state index in [1.807, 2.05) is 0 Å². The molecule has 0 rings (SSSR count). The van der Waals surface area contributed by atoms with Crippen molar-refractivity contribution in [2.45, 2.75) is 90.9 Å². The Morgan fingerprint density at radius 1 is 0.647 bits per heavy atom. The summed E-state index contributed by atoms with van der Waals surface area (Å²) < 4.78 is 0. The first-order chi connectivity index (χ1) is 8.35. The van der Waals surface area contributed by atoms with E-state index in [9.17, 15) is 0 Å². The van der Waals surface area contributed by atoms with Gasteiger partial charge in [0.1, 0.15) is 0 Å². The standard InChI is InChI=1S/C16H35N/c1-3-5-7-8-9-10-11-12-14-16(15-17)13-6-4-2/h16H,3-15,17H2,1-2H3. The Morgan fingerprint density at radius 3 is 1.65 bits per heavy atom. The molecule has 0 amide bonds. The van der Waals surface area contributed by atoms with Crippen molar-refractivity contribution in [3.63, 3.8) is 0 Å². The highest BCUT2D eigenvalue weighted by molar-refractivity contribution is 4.60. The van der Waals surface area contributed by atoms with Crippen LogP contribution in [0.5, 0.6) is 0 Å². The molecule has 2 N–H and O–H groups in total. The van der Waals surface area contributed by atoms with Gasteiger partial charge in [0.15, 0.2) is 0 Å². The predicted octanol–water partition coefficient (Wildman–Crippen LogP) is 5.28. The SMILES string of the molecule is CCCCCCCCCCC(CN)CCCC. The van der Waals surface area contributed by atoms with Crippen molar-refractivity contribution < 1.29 is 0 Å². The number of hydrogen-bond acceptors (Lipinski definition) is 1. The van der Waals surface area contributed by atoms with Gasteiger partial charge in [-0.2, -0.15) is 0 Å². The van der Waals surface area contributed by atoms with Crippen molar-refractivity contribution in [3.05, 3.63) is 0 Å². The van der Waals surface area contributed by atoms with Crippen molar-refractivity contribution in [1.29, 1.82) is 0 Å². The van der Waals surface area contributed by atoms with E-state index in [1.165, 1.54) is 77.0 Å². The lowest BCUT2D eigenvalue weighted by Gasteiger charge is -2.13. The van der Waals surface area contributed by atoms with E-state index in [0.29, 0.717) is 0 Å². The van der Waals surface area contributed by atoms with E-state index < -0.39 is 0 Å². The van der Waals surface area contributed by atoms with Crippen LogP contribution in [0.3, 0.4) is 0 Å². The maximum absolute atomic E-state index is 5.81. The minimum atomic E-state index is 0.801. The molecule has 0 saturated carbocycles. The van der Waals surface area contributed by atoms with Crippen LogP contribution in [0.15, 0.2) is 0 Å². The topological polar surface area (TPSA) is 26.0 Å². The molecule has 17 heavy (non-hydrogen) atoms. The van der Waals surface area contributed by atoms with Crippen LogP contribution in [0.2, 0.25) is 0 Å². The fourth-order valence-electron chi connectivity index (χ4n) is 2.44. The number of hydrogen-bond donors (Lipinski definition) is 1. The highest BCUT2D eigenvalue weighted by Gasteiger charge is 2.05. The first-order valence-electron chi connectivity index (χ1n) is 8.05. The highest BCUT2D eigenvalue weighted by Crippen LogP contribution is 2.16. The fraction of sp³-hybridized carbons (Fsp3) is 1.00. The molecular weight excluding hydrogens is 206 g/mol. The molecule has 0 aromatic rings. The van der Waals surface area contributed by atoms with Gasteiger partial charge in [0.25, 0.3) is 0 Å². The number of rotatable bonds is 13. The van der Waals surface area contributed by atoms with Gasteiger partial charge in [0, 0.05) is 0 Å². The second-order valence-corrected chi connectivity index (χ2v) is 5.51. The largest absolute Gasteiger partial charge is 0.330 e. The van der Waals surface area contributed by atoms with Gasteiger partial charge in [-0.3, -0.25) is 0 Å². The normalized spacial score (nSPS) is 12.9. The lowest BCUT2D eigenvalue weighted by atomic mass is 9.95. The summed E-state index contributed by atoms with van der Waals surface area (Å²) in [6.45, 7) is 5.45. The van der Waals surface area contributed by atoms with Gasteiger partial charge in [-0.05, 0) is 25.3 Å². The van der Waals surface area contributed by atoms with Gasteiger partial charge in [0.05, 0.1) is 0 Å². The summed E-state index contributed by atoms with van der Waals surface area (Å²) in [7, 11) is 0. The van der Waals surface area contributed by atoms with Gasteiger partial charge in [-0.25, -0.2) is 0 Å². The number of unbranched alkanes of at least 4 members (excludes halogenated alkanes) is 8. The van der Waals surface area contributed by atoms with Gasteiger partial charge in [0.2, 0.25) is 0 Å². The minimum Gasteiger partial charge on any atom is -0.330 e. The quantitative estimate of drug-likeness (QED) is 0.436. The maximum Gasteiger partial charge on any atom is -0.00489 e. The van der Waals surface area contributed by atoms with Crippen molar-refractivity contribution in [3.8, 4) is 0 Å². The second kappa shape index (κ2) is 14.0. The van der Waals surface area contributed by atoms with Gasteiger partial charge >= 0.3 is 0 Å². The zero-order chi connectivity index (χ0) is 12.8. The minimum absolute atomic E-state index is 0.801. The summed E-state index contributed by atoms with van der Waals surface area (Å²) in [6, 6.07) is 0. The van der Waals surface area contributed by atoms with E-state index in [2.05, 4.69) is 13.8 Å². The molecule has 0 saturated heterocycles. The zero-order valence-electron chi connectivity index (χ0n) is 12.3. The van der Waals surface area contributed by atoms with Crippen molar-refractivity contribution >= 4 is 0 Å².